The summed E-state index contributed by atoms with van der Waals surface area (Å²) in [7, 11) is 0. The van der Waals surface area contributed by atoms with Crippen LogP contribution in [0, 0.1) is 11.6 Å². The van der Waals surface area contributed by atoms with Crippen molar-refractivity contribution in [3.8, 4) is 0 Å². The predicted octanol–water partition coefficient (Wildman–Crippen LogP) is 3.09. The lowest BCUT2D eigenvalue weighted by molar-refractivity contribution is 0.543. The zero-order valence-corrected chi connectivity index (χ0v) is 11.3. The second-order valence-electron chi connectivity index (χ2n) is 4.49. The van der Waals surface area contributed by atoms with Crippen LogP contribution in [-0.2, 0) is 6.42 Å². The highest BCUT2D eigenvalue weighted by Gasteiger charge is 2.20. The van der Waals surface area contributed by atoms with Crippen molar-refractivity contribution in [2.75, 3.05) is 18.0 Å². The second-order valence-corrected chi connectivity index (χ2v) is 4.49. The molecule has 0 amide bonds. The predicted molar refractivity (Wildman–Crippen MR) is 71.9 cm³/mol. The van der Waals surface area contributed by atoms with Crippen LogP contribution in [0.2, 0.25) is 0 Å². The van der Waals surface area contributed by atoms with Gasteiger partial charge >= 0.3 is 0 Å². The van der Waals surface area contributed by atoms with Gasteiger partial charge in [0.1, 0.15) is 17.3 Å². The van der Waals surface area contributed by atoms with Gasteiger partial charge in [0.25, 0.3) is 0 Å². The van der Waals surface area contributed by atoms with Crippen molar-refractivity contribution in [1.82, 2.24) is 0 Å². The van der Waals surface area contributed by atoms with Gasteiger partial charge in [0.15, 0.2) is 0 Å². The lowest BCUT2D eigenvalue weighted by Gasteiger charge is -2.30. The minimum absolute atomic E-state index is 0.0765. The van der Waals surface area contributed by atoms with E-state index in [1.807, 2.05) is 20.8 Å². The molecule has 0 aliphatic rings. The maximum absolute atomic E-state index is 14.0. The van der Waals surface area contributed by atoms with E-state index in [2.05, 4.69) is 0 Å². The summed E-state index contributed by atoms with van der Waals surface area (Å²) in [4.78, 5) is 1.76. The summed E-state index contributed by atoms with van der Waals surface area (Å²) in [5, 5.41) is 0. The van der Waals surface area contributed by atoms with Gasteiger partial charge in [-0.3, -0.25) is 0 Å². The highest BCUT2D eigenvalue weighted by Crippen LogP contribution is 2.27. The maximum atomic E-state index is 14.0. The fourth-order valence-corrected chi connectivity index (χ4v) is 2.11. The van der Waals surface area contributed by atoms with E-state index in [-0.39, 0.29) is 11.7 Å². The van der Waals surface area contributed by atoms with Crippen LogP contribution in [0.25, 0.3) is 0 Å². The summed E-state index contributed by atoms with van der Waals surface area (Å²) in [5.74, 6) is -0.999. The summed E-state index contributed by atoms with van der Waals surface area (Å²) < 4.78 is 28.1. The van der Waals surface area contributed by atoms with E-state index >= 15 is 0 Å². The summed E-state index contributed by atoms with van der Waals surface area (Å²) in [5.41, 5.74) is 6.08. The molecule has 2 N–H and O–H groups in total. The van der Waals surface area contributed by atoms with Crippen molar-refractivity contribution in [2.24, 2.45) is 5.73 Å². The quantitative estimate of drug-likeness (QED) is 0.847. The van der Waals surface area contributed by atoms with Crippen molar-refractivity contribution in [3.05, 3.63) is 29.3 Å². The van der Waals surface area contributed by atoms with Crippen LogP contribution in [0.4, 0.5) is 14.5 Å². The zero-order chi connectivity index (χ0) is 13.7. The van der Waals surface area contributed by atoms with Crippen LogP contribution in [-0.4, -0.2) is 19.1 Å². The molecule has 0 heterocycles. The molecule has 0 aliphatic heterocycles. The minimum atomic E-state index is -0.499. The molecule has 18 heavy (non-hydrogen) atoms. The topological polar surface area (TPSA) is 29.3 Å². The van der Waals surface area contributed by atoms with Gasteiger partial charge in [0, 0.05) is 12.6 Å². The molecule has 0 bridgehead atoms. The van der Waals surface area contributed by atoms with Crippen LogP contribution in [0.1, 0.15) is 32.8 Å². The molecule has 1 aromatic carbocycles. The van der Waals surface area contributed by atoms with Crippen LogP contribution >= 0.6 is 0 Å². The van der Waals surface area contributed by atoms with Gasteiger partial charge in [0.05, 0.1) is 0 Å². The third-order valence-electron chi connectivity index (χ3n) is 3.26. The van der Waals surface area contributed by atoms with E-state index in [4.69, 9.17) is 5.73 Å². The number of halogens is 2. The number of hydrogen-bond acceptors (Lipinski definition) is 2. The van der Waals surface area contributed by atoms with E-state index < -0.39 is 11.6 Å². The molecular weight excluding hydrogens is 234 g/mol. The Morgan fingerprint density at radius 3 is 2.17 bits per heavy atom. The van der Waals surface area contributed by atoms with E-state index in [1.165, 1.54) is 12.1 Å². The summed E-state index contributed by atoms with van der Waals surface area (Å²) in [6, 6.07) is 2.88. The molecule has 1 rings (SSSR count). The third kappa shape index (κ3) is 3.19. The Hall–Kier alpha value is -1.16. The third-order valence-corrected chi connectivity index (χ3v) is 3.26. The highest BCUT2D eigenvalue weighted by molar-refractivity contribution is 5.51. The fourth-order valence-electron chi connectivity index (χ4n) is 2.11. The first-order valence-electron chi connectivity index (χ1n) is 6.49. The SMILES string of the molecule is CCC(C)N(CC)c1c(F)cc(CCN)cc1F. The number of hydrogen-bond donors (Lipinski definition) is 1. The average Bonchev–Trinajstić information content (AvgIpc) is 2.33. The van der Waals surface area contributed by atoms with E-state index in [1.54, 1.807) is 4.90 Å². The molecule has 2 nitrogen and oxygen atoms in total. The van der Waals surface area contributed by atoms with E-state index in [0.29, 0.717) is 25.1 Å². The van der Waals surface area contributed by atoms with Crippen molar-refractivity contribution in [1.29, 1.82) is 0 Å². The van der Waals surface area contributed by atoms with Crippen molar-refractivity contribution in [2.45, 2.75) is 39.7 Å². The fraction of sp³-hybridized carbons (Fsp3) is 0.571. The Morgan fingerprint density at radius 1 is 1.22 bits per heavy atom. The molecule has 102 valence electrons. The van der Waals surface area contributed by atoms with Crippen LogP contribution in [0.5, 0.6) is 0 Å². The Bertz CT molecular complexity index is 370. The zero-order valence-electron chi connectivity index (χ0n) is 11.3. The molecule has 0 saturated carbocycles. The summed E-state index contributed by atoms with van der Waals surface area (Å²) in [6.07, 6.45) is 1.33. The van der Waals surface area contributed by atoms with Gasteiger partial charge in [-0.15, -0.1) is 0 Å². The number of nitrogens with two attached hydrogens (primary N) is 1. The van der Waals surface area contributed by atoms with Gasteiger partial charge in [-0.25, -0.2) is 8.78 Å². The highest BCUT2D eigenvalue weighted by atomic mass is 19.1. The van der Waals surface area contributed by atoms with Crippen molar-refractivity contribution >= 4 is 5.69 Å². The van der Waals surface area contributed by atoms with E-state index in [9.17, 15) is 8.78 Å². The molecule has 1 atom stereocenters. The second kappa shape index (κ2) is 6.69. The van der Waals surface area contributed by atoms with Gasteiger partial charge in [0.2, 0.25) is 0 Å². The lowest BCUT2D eigenvalue weighted by Crippen LogP contribution is -2.33. The standard InChI is InChI=1S/C14H22F2N2/c1-4-10(3)18(5-2)14-12(15)8-11(6-7-17)9-13(14)16/h8-10H,4-7,17H2,1-3H3. The molecule has 0 aromatic heterocycles. The van der Waals surface area contributed by atoms with Crippen molar-refractivity contribution < 1.29 is 8.78 Å². The number of nitrogens with zero attached hydrogens (tertiary/aromatic N) is 1. The number of benzene rings is 1. The maximum Gasteiger partial charge on any atom is 0.149 e. The largest absolute Gasteiger partial charge is 0.364 e. The van der Waals surface area contributed by atoms with Crippen LogP contribution in [0.15, 0.2) is 12.1 Å². The average molecular weight is 256 g/mol. The smallest absolute Gasteiger partial charge is 0.149 e. The van der Waals surface area contributed by atoms with Gasteiger partial charge in [-0.05, 0) is 50.9 Å². The Balaban J connectivity index is 3.15. The normalized spacial score (nSPS) is 12.6. The first kappa shape index (κ1) is 14.9. The van der Waals surface area contributed by atoms with Gasteiger partial charge in [-0.1, -0.05) is 6.92 Å². The lowest BCUT2D eigenvalue weighted by atomic mass is 10.1. The van der Waals surface area contributed by atoms with Gasteiger partial charge in [-0.2, -0.15) is 0 Å². The van der Waals surface area contributed by atoms with Crippen LogP contribution in [0.3, 0.4) is 0 Å². The van der Waals surface area contributed by atoms with Crippen molar-refractivity contribution in [3.63, 3.8) is 0 Å². The molecule has 1 aromatic rings. The molecule has 0 saturated heterocycles. The molecule has 0 spiro atoms. The number of anilines is 1. The Labute approximate surface area is 108 Å². The molecular formula is C14H22F2N2. The van der Waals surface area contributed by atoms with E-state index in [0.717, 1.165) is 6.42 Å². The molecule has 0 aliphatic carbocycles. The molecule has 0 radical (unpaired) electrons. The minimum Gasteiger partial charge on any atom is -0.364 e. The van der Waals surface area contributed by atoms with Crippen LogP contribution < -0.4 is 10.6 Å². The monoisotopic (exact) mass is 256 g/mol. The first-order chi connectivity index (χ1) is 8.54. The Morgan fingerprint density at radius 2 is 1.78 bits per heavy atom. The first-order valence-corrected chi connectivity index (χ1v) is 6.49. The molecule has 4 heteroatoms. The summed E-state index contributed by atoms with van der Waals surface area (Å²) >= 11 is 0. The number of rotatable bonds is 6. The van der Waals surface area contributed by atoms with Gasteiger partial charge < -0.3 is 10.6 Å². The molecule has 1 unspecified atom stereocenters. The molecule has 0 fully saturated rings. The Kier molecular flexibility index (Phi) is 5.54. The summed E-state index contributed by atoms with van der Waals surface area (Å²) in [6.45, 7) is 6.85.